The van der Waals surface area contributed by atoms with Crippen molar-refractivity contribution in [1.82, 2.24) is 19.7 Å². The topological polar surface area (TPSA) is 43.6 Å². The number of halogens is 1. The molecule has 0 N–H and O–H groups in total. The Labute approximate surface area is 80.2 Å². The van der Waals surface area contributed by atoms with Gasteiger partial charge in [0.2, 0.25) is 0 Å². The average molecular weight is 195 g/mol. The summed E-state index contributed by atoms with van der Waals surface area (Å²) >= 11 is 5.87. The lowest BCUT2D eigenvalue weighted by molar-refractivity contribution is 0.770. The molecule has 2 rings (SSSR count). The highest BCUT2D eigenvalue weighted by Gasteiger charge is 2.06. The van der Waals surface area contributed by atoms with E-state index in [1.54, 1.807) is 10.9 Å². The molecule has 0 aliphatic heterocycles. The summed E-state index contributed by atoms with van der Waals surface area (Å²) in [5.74, 6) is 0. The van der Waals surface area contributed by atoms with E-state index in [1.165, 1.54) is 6.33 Å². The van der Waals surface area contributed by atoms with Gasteiger partial charge in [0.05, 0.1) is 11.3 Å². The molecule has 0 aliphatic carbocycles. The van der Waals surface area contributed by atoms with Crippen LogP contribution in [0.4, 0.5) is 0 Å². The smallest absolute Gasteiger partial charge is 0.141 e. The quantitative estimate of drug-likeness (QED) is 0.647. The van der Waals surface area contributed by atoms with Crippen LogP contribution in [-0.4, -0.2) is 19.7 Å². The maximum absolute atomic E-state index is 5.87. The molecule has 5 heteroatoms. The minimum atomic E-state index is 0.425. The van der Waals surface area contributed by atoms with Gasteiger partial charge < -0.3 is 0 Å². The van der Waals surface area contributed by atoms with Gasteiger partial charge in [0.1, 0.15) is 11.5 Å². The third kappa shape index (κ3) is 1.53. The Kier molecular flexibility index (Phi) is 1.98. The first-order valence-electron chi connectivity index (χ1n) is 3.73. The number of nitrogens with zero attached hydrogens (tertiary/aromatic N) is 4. The molecule has 0 saturated carbocycles. The first-order valence-corrected chi connectivity index (χ1v) is 4.10. The van der Waals surface area contributed by atoms with Gasteiger partial charge in [0.15, 0.2) is 0 Å². The third-order valence-corrected chi connectivity index (χ3v) is 1.95. The van der Waals surface area contributed by atoms with E-state index < -0.39 is 0 Å². The molecule has 0 aliphatic rings. The highest BCUT2D eigenvalue weighted by atomic mass is 35.5. The second-order valence-corrected chi connectivity index (χ2v) is 2.96. The number of aryl methyl sites for hydroxylation is 1. The van der Waals surface area contributed by atoms with E-state index in [0.29, 0.717) is 5.15 Å². The van der Waals surface area contributed by atoms with Gasteiger partial charge in [-0.15, -0.1) is 0 Å². The molecular weight excluding hydrogens is 188 g/mol. The number of hydrogen-bond donors (Lipinski definition) is 0. The first-order chi connectivity index (χ1) is 6.27. The summed E-state index contributed by atoms with van der Waals surface area (Å²) in [6, 6.07) is 1.87. The van der Waals surface area contributed by atoms with E-state index >= 15 is 0 Å². The molecule has 0 aromatic carbocycles. The van der Waals surface area contributed by atoms with Crippen LogP contribution < -0.4 is 0 Å². The molecule has 4 nitrogen and oxygen atoms in total. The van der Waals surface area contributed by atoms with Crippen LogP contribution in [0.25, 0.3) is 11.3 Å². The van der Waals surface area contributed by atoms with Gasteiger partial charge in [-0.1, -0.05) is 11.6 Å². The zero-order valence-corrected chi connectivity index (χ0v) is 7.73. The van der Waals surface area contributed by atoms with Gasteiger partial charge in [-0.2, -0.15) is 5.10 Å². The van der Waals surface area contributed by atoms with Crippen molar-refractivity contribution < 1.29 is 0 Å². The molecule has 0 fully saturated rings. The van der Waals surface area contributed by atoms with Crippen LogP contribution in [-0.2, 0) is 7.05 Å². The van der Waals surface area contributed by atoms with Crippen LogP contribution in [0.5, 0.6) is 0 Å². The molecule has 0 spiro atoms. The third-order valence-electron chi connectivity index (χ3n) is 1.65. The van der Waals surface area contributed by atoms with E-state index in [1.807, 2.05) is 19.3 Å². The highest BCUT2D eigenvalue weighted by Crippen LogP contribution is 2.22. The van der Waals surface area contributed by atoms with Crippen molar-refractivity contribution >= 4 is 11.6 Å². The van der Waals surface area contributed by atoms with Gasteiger partial charge in [-0.05, 0) is 6.07 Å². The average Bonchev–Trinajstić information content (AvgIpc) is 2.53. The molecule has 0 saturated heterocycles. The Bertz CT molecular complexity index is 424. The Morgan fingerprint density at radius 3 is 2.92 bits per heavy atom. The predicted octanol–water partition coefficient (Wildman–Crippen LogP) is 1.53. The van der Waals surface area contributed by atoms with Crippen LogP contribution >= 0.6 is 11.6 Å². The van der Waals surface area contributed by atoms with Crippen molar-refractivity contribution in [2.75, 3.05) is 0 Å². The Hall–Kier alpha value is -1.42. The van der Waals surface area contributed by atoms with Crippen LogP contribution in [0, 0.1) is 0 Å². The molecule has 0 atom stereocenters. The lowest BCUT2D eigenvalue weighted by atomic mass is 10.2. The summed E-state index contributed by atoms with van der Waals surface area (Å²) in [5.41, 5.74) is 1.54. The lowest BCUT2D eigenvalue weighted by Gasteiger charge is -1.96. The minimum Gasteiger partial charge on any atom is -0.275 e. The summed E-state index contributed by atoms with van der Waals surface area (Å²) in [6.07, 6.45) is 4.91. The van der Waals surface area contributed by atoms with Crippen molar-refractivity contribution in [3.63, 3.8) is 0 Å². The number of rotatable bonds is 1. The van der Waals surface area contributed by atoms with Crippen LogP contribution in [0.15, 0.2) is 24.8 Å². The van der Waals surface area contributed by atoms with Gasteiger partial charge in [0, 0.05) is 19.4 Å². The molecule has 0 bridgehead atoms. The maximum atomic E-state index is 5.87. The Morgan fingerprint density at radius 1 is 1.46 bits per heavy atom. The lowest BCUT2D eigenvalue weighted by Crippen LogP contribution is -1.89. The summed E-state index contributed by atoms with van der Waals surface area (Å²) in [4.78, 5) is 7.76. The van der Waals surface area contributed by atoms with Crippen molar-refractivity contribution in [2.24, 2.45) is 7.05 Å². The normalized spacial score (nSPS) is 10.3. The molecule has 0 radical (unpaired) electrons. The zero-order valence-electron chi connectivity index (χ0n) is 6.98. The van der Waals surface area contributed by atoms with Crippen molar-refractivity contribution in [2.45, 2.75) is 0 Å². The van der Waals surface area contributed by atoms with Crippen LogP contribution in [0.1, 0.15) is 0 Å². The van der Waals surface area contributed by atoms with E-state index in [0.717, 1.165) is 11.3 Å². The van der Waals surface area contributed by atoms with E-state index in [4.69, 9.17) is 11.6 Å². The van der Waals surface area contributed by atoms with Crippen LogP contribution in [0.2, 0.25) is 5.15 Å². The Balaban J connectivity index is 2.52. The molecule has 0 unspecified atom stereocenters. The highest BCUT2D eigenvalue weighted by molar-refractivity contribution is 6.31. The van der Waals surface area contributed by atoms with Gasteiger partial charge in [-0.25, -0.2) is 9.97 Å². The molecule has 2 heterocycles. The minimum absolute atomic E-state index is 0.425. The molecule has 66 valence electrons. The summed E-state index contributed by atoms with van der Waals surface area (Å²) in [6.45, 7) is 0. The monoisotopic (exact) mass is 194 g/mol. The summed E-state index contributed by atoms with van der Waals surface area (Å²) in [5, 5.41) is 4.62. The molecule has 2 aromatic heterocycles. The van der Waals surface area contributed by atoms with Gasteiger partial charge in [-0.3, -0.25) is 4.68 Å². The van der Waals surface area contributed by atoms with E-state index in [2.05, 4.69) is 15.1 Å². The van der Waals surface area contributed by atoms with Crippen molar-refractivity contribution in [1.29, 1.82) is 0 Å². The Morgan fingerprint density at radius 2 is 2.31 bits per heavy atom. The predicted molar refractivity (Wildman–Crippen MR) is 49.2 cm³/mol. The van der Waals surface area contributed by atoms with Gasteiger partial charge >= 0.3 is 0 Å². The van der Waals surface area contributed by atoms with Crippen molar-refractivity contribution in [3.05, 3.63) is 29.9 Å². The fourth-order valence-electron chi connectivity index (χ4n) is 1.05. The standard InChI is InChI=1S/C8H7ClN4/c1-13-3-2-7(12-13)6-4-10-5-11-8(6)9/h2-5H,1H3. The van der Waals surface area contributed by atoms with Crippen LogP contribution in [0.3, 0.4) is 0 Å². The first kappa shape index (κ1) is 8.19. The summed E-state index contributed by atoms with van der Waals surface area (Å²) in [7, 11) is 1.85. The van der Waals surface area contributed by atoms with E-state index in [-0.39, 0.29) is 0 Å². The number of hydrogen-bond acceptors (Lipinski definition) is 3. The largest absolute Gasteiger partial charge is 0.275 e. The number of aromatic nitrogens is 4. The molecule has 0 amide bonds. The molecule has 13 heavy (non-hydrogen) atoms. The second-order valence-electron chi connectivity index (χ2n) is 2.60. The van der Waals surface area contributed by atoms with Gasteiger partial charge in [0.25, 0.3) is 0 Å². The maximum Gasteiger partial charge on any atom is 0.141 e. The van der Waals surface area contributed by atoms with Crippen molar-refractivity contribution in [3.8, 4) is 11.3 Å². The fraction of sp³-hybridized carbons (Fsp3) is 0.125. The SMILES string of the molecule is Cn1ccc(-c2cncnc2Cl)n1. The fourth-order valence-corrected chi connectivity index (χ4v) is 1.23. The molecule has 2 aromatic rings. The zero-order chi connectivity index (χ0) is 9.26. The molecular formula is C8H7ClN4. The van der Waals surface area contributed by atoms with E-state index in [9.17, 15) is 0 Å². The summed E-state index contributed by atoms with van der Waals surface area (Å²) < 4.78 is 1.71. The second kappa shape index (κ2) is 3.14.